The number of hydrogen-bond acceptors (Lipinski definition) is 2. The molecule has 0 radical (unpaired) electrons. The standard InChI is InChI=1S/C15H22ClIN2/c1-10-8-18-14(15(2,3)4)9-19(10)13-6-5-11(16)7-12(13)17/h5-7,10,14,18H,8-9H2,1-4H3. The lowest BCUT2D eigenvalue weighted by Crippen LogP contribution is -2.59. The quantitative estimate of drug-likeness (QED) is 0.722. The minimum atomic E-state index is 0.274. The highest BCUT2D eigenvalue weighted by Gasteiger charge is 2.33. The van der Waals surface area contributed by atoms with E-state index in [9.17, 15) is 0 Å². The van der Waals surface area contributed by atoms with Crippen LogP contribution in [0.4, 0.5) is 5.69 Å². The predicted molar refractivity (Wildman–Crippen MR) is 92.2 cm³/mol. The van der Waals surface area contributed by atoms with Crippen LogP contribution in [-0.4, -0.2) is 25.2 Å². The summed E-state index contributed by atoms with van der Waals surface area (Å²) in [6.45, 7) is 11.2. The number of hydrogen-bond donors (Lipinski definition) is 1. The van der Waals surface area contributed by atoms with Crippen LogP contribution >= 0.6 is 34.2 Å². The van der Waals surface area contributed by atoms with Gasteiger partial charge < -0.3 is 10.2 Å². The molecule has 1 fully saturated rings. The molecule has 2 rings (SSSR count). The molecule has 2 unspecified atom stereocenters. The molecule has 1 N–H and O–H groups in total. The summed E-state index contributed by atoms with van der Waals surface area (Å²) in [6.07, 6.45) is 0. The Balaban J connectivity index is 2.26. The minimum Gasteiger partial charge on any atom is -0.365 e. The summed E-state index contributed by atoms with van der Waals surface area (Å²) < 4.78 is 1.23. The average molecular weight is 393 g/mol. The maximum absolute atomic E-state index is 6.06. The summed E-state index contributed by atoms with van der Waals surface area (Å²) in [6, 6.07) is 7.19. The molecule has 0 aromatic heterocycles. The van der Waals surface area contributed by atoms with Crippen molar-refractivity contribution in [2.24, 2.45) is 5.41 Å². The van der Waals surface area contributed by atoms with Gasteiger partial charge in [-0.1, -0.05) is 32.4 Å². The Bertz CT molecular complexity index is 456. The number of piperazine rings is 1. The van der Waals surface area contributed by atoms with Crippen molar-refractivity contribution in [1.82, 2.24) is 5.32 Å². The van der Waals surface area contributed by atoms with Crippen molar-refractivity contribution >= 4 is 39.9 Å². The Morgan fingerprint density at radius 1 is 1.37 bits per heavy atom. The third-order valence-electron chi connectivity index (χ3n) is 3.84. The first-order valence-corrected chi connectivity index (χ1v) is 8.20. The molecule has 0 amide bonds. The van der Waals surface area contributed by atoms with Crippen LogP contribution in [0.5, 0.6) is 0 Å². The van der Waals surface area contributed by atoms with Gasteiger partial charge in [-0.25, -0.2) is 0 Å². The molecular weight excluding hydrogens is 371 g/mol. The van der Waals surface area contributed by atoms with E-state index in [1.807, 2.05) is 12.1 Å². The monoisotopic (exact) mass is 392 g/mol. The van der Waals surface area contributed by atoms with Crippen molar-refractivity contribution in [2.45, 2.75) is 39.8 Å². The lowest BCUT2D eigenvalue weighted by molar-refractivity contribution is 0.239. The molecule has 0 bridgehead atoms. The van der Waals surface area contributed by atoms with Crippen LogP contribution in [0.2, 0.25) is 5.02 Å². The smallest absolute Gasteiger partial charge is 0.0506 e. The highest BCUT2D eigenvalue weighted by Crippen LogP contribution is 2.31. The van der Waals surface area contributed by atoms with Crippen molar-refractivity contribution < 1.29 is 0 Å². The molecule has 1 aromatic carbocycles. The van der Waals surface area contributed by atoms with Gasteiger partial charge in [0.25, 0.3) is 0 Å². The molecular formula is C15H22ClIN2. The number of nitrogens with zero attached hydrogens (tertiary/aromatic N) is 1. The number of rotatable bonds is 1. The first-order valence-electron chi connectivity index (χ1n) is 6.74. The van der Waals surface area contributed by atoms with E-state index in [4.69, 9.17) is 11.6 Å². The predicted octanol–water partition coefficient (Wildman–Crippen LogP) is 4.16. The van der Waals surface area contributed by atoms with E-state index in [-0.39, 0.29) is 5.41 Å². The second-order valence-electron chi connectivity index (χ2n) is 6.42. The van der Waals surface area contributed by atoms with Crippen LogP contribution in [0, 0.1) is 8.99 Å². The van der Waals surface area contributed by atoms with Crippen LogP contribution in [-0.2, 0) is 0 Å². The number of benzene rings is 1. The zero-order valence-corrected chi connectivity index (χ0v) is 14.9. The van der Waals surface area contributed by atoms with E-state index < -0.39 is 0 Å². The largest absolute Gasteiger partial charge is 0.365 e. The van der Waals surface area contributed by atoms with Crippen LogP contribution in [0.3, 0.4) is 0 Å². The van der Waals surface area contributed by atoms with E-state index in [0.717, 1.165) is 18.1 Å². The van der Waals surface area contributed by atoms with Crippen molar-refractivity contribution in [1.29, 1.82) is 0 Å². The highest BCUT2D eigenvalue weighted by atomic mass is 127. The van der Waals surface area contributed by atoms with Crippen molar-refractivity contribution in [3.05, 3.63) is 26.8 Å². The molecule has 1 aliphatic rings. The molecule has 2 nitrogen and oxygen atoms in total. The zero-order valence-electron chi connectivity index (χ0n) is 12.0. The second-order valence-corrected chi connectivity index (χ2v) is 8.02. The summed E-state index contributed by atoms with van der Waals surface area (Å²) in [5, 5.41) is 4.48. The van der Waals surface area contributed by atoms with Gasteiger partial charge in [-0.05, 0) is 53.1 Å². The Hall–Kier alpha value is -0.000000000000000111. The van der Waals surface area contributed by atoms with Gasteiger partial charge in [0.2, 0.25) is 0 Å². The maximum Gasteiger partial charge on any atom is 0.0506 e. The molecule has 1 saturated heterocycles. The Kier molecular flexibility index (Phi) is 4.68. The fourth-order valence-corrected chi connectivity index (χ4v) is 3.68. The molecule has 4 heteroatoms. The number of anilines is 1. The van der Waals surface area contributed by atoms with E-state index in [1.165, 1.54) is 9.26 Å². The molecule has 0 aliphatic carbocycles. The molecule has 1 aromatic rings. The second kappa shape index (κ2) is 5.78. The maximum atomic E-state index is 6.06. The van der Waals surface area contributed by atoms with Crippen LogP contribution in [0.1, 0.15) is 27.7 Å². The average Bonchev–Trinajstić information content (AvgIpc) is 2.29. The molecule has 1 aliphatic heterocycles. The third kappa shape index (κ3) is 3.56. The van der Waals surface area contributed by atoms with Gasteiger partial charge in [0.15, 0.2) is 0 Å². The summed E-state index contributed by atoms with van der Waals surface area (Å²) >= 11 is 8.44. The molecule has 2 atom stereocenters. The van der Waals surface area contributed by atoms with Gasteiger partial charge in [0.05, 0.1) is 5.69 Å². The Morgan fingerprint density at radius 2 is 2.05 bits per heavy atom. The van der Waals surface area contributed by atoms with Crippen LogP contribution < -0.4 is 10.2 Å². The van der Waals surface area contributed by atoms with Gasteiger partial charge in [-0.15, -0.1) is 0 Å². The third-order valence-corrected chi connectivity index (χ3v) is 4.93. The zero-order chi connectivity index (χ0) is 14.2. The summed E-state index contributed by atoms with van der Waals surface area (Å²) in [4.78, 5) is 2.50. The van der Waals surface area contributed by atoms with E-state index in [0.29, 0.717) is 12.1 Å². The Morgan fingerprint density at radius 3 is 2.63 bits per heavy atom. The minimum absolute atomic E-state index is 0.274. The molecule has 0 spiro atoms. The van der Waals surface area contributed by atoms with Gasteiger partial charge in [0, 0.05) is 33.8 Å². The number of nitrogens with one attached hydrogen (secondary N) is 1. The van der Waals surface area contributed by atoms with E-state index >= 15 is 0 Å². The lowest BCUT2D eigenvalue weighted by atomic mass is 9.84. The van der Waals surface area contributed by atoms with Crippen molar-refractivity contribution in [3.8, 4) is 0 Å². The van der Waals surface area contributed by atoms with Crippen molar-refractivity contribution in [3.63, 3.8) is 0 Å². The summed E-state index contributed by atoms with van der Waals surface area (Å²) in [5.74, 6) is 0. The normalized spacial score (nSPS) is 24.6. The lowest BCUT2D eigenvalue weighted by Gasteiger charge is -2.45. The fraction of sp³-hybridized carbons (Fsp3) is 0.600. The first kappa shape index (κ1) is 15.4. The Labute approximate surface area is 135 Å². The first-order chi connectivity index (χ1) is 8.79. The van der Waals surface area contributed by atoms with Crippen LogP contribution in [0.15, 0.2) is 18.2 Å². The van der Waals surface area contributed by atoms with E-state index in [1.54, 1.807) is 0 Å². The highest BCUT2D eigenvalue weighted by molar-refractivity contribution is 14.1. The molecule has 0 saturated carbocycles. The van der Waals surface area contributed by atoms with Gasteiger partial charge in [-0.2, -0.15) is 0 Å². The fourth-order valence-electron chi connectivity index (χ4n) is 2.49. The molecule has 106 valence electrons. The topological polar surface area (TPSA) is 15.3 Å². The van der Waals surface area contributed by atoms with Gasteiger partial charge >= 0.3 is 0 Å². The SMILES string of the molecule is CC1CNC(C(C)(C)C)CN1c1ccc(Cl)cc1I. The van der Waals surface area contributed by atoms with Gasteiger partial charge in [-0.3, -0.25) is 0 Å². The number of halogens is 2. The molecule has 19 heavy (non-hydrogen) atoms. The summed E-state index contributed by atoms with van der Waals surface area (Å²) in [5.41, 5.74) is 1.57. The summed E-state index contributed by atoms with van der Waals surface area (Å²) in [7, 11) is 0. The van der Waals surface area contributed by atoms with E-state index in [2.05, 4.69) is 66.6 Å². The van der Waals surface area contributed by atoms with Crippen LogP contribution in [0.25, 0.3) is 0 Å². The van der Waals surface area contributed by atoms with Gasteiger partial charge in [0.1, 0.15) is 0 Å². The molecule has 1 heterocycles. The van der Waals surface area contributed by atoms with Crippen molar-refractivity contribution in [2.75, 3.05) is 18.0 Å².